The summed E-state index contributed by atoms with van der Waals surface area (Å²) >= 11 is 0. The number of hydrogen-bond acceptors (Lipinski definition) is 8. The lowest BCUT2D eigenvalue weighted by Gasteiger charge is -2.36. The molecule has 0 amide bonds. The third-order valence-electron chi connectivity index (χ3n) is 7.07. The first kappa shape index (κ1) is 26.4. The predicted molar refractivity (Wildman–Crippen MR) is 139 cm³/mol. The summed E-state index contributed by atoms with van der Waals surface area (Å²) in [6.07, 6.45) is 0. The smallest absolute Gasteiger partial charge is 0.252 e. The first-order valence-electron chi connectivity index (χ1n) is 12.8. The van der Waals surface area contributed by atoms with E-state index in [1.54, 1.807) is 7.11 Å². The van der Waals surface area contributed by atoms with E-state index in [1.165, 1.54) is 11.1 Å². The third kappa shape index (κ3) is 6.18. The molecule has 2 aromatic heterocycles. The number of tetrazole rings is 1. The first-order chi connectivity index (χ1) is 17.4. The number of aromatic amines is 1. The van der Waals surface area contributed by atoms with Gasteiger partial charge in [-0.1, -0.05) is 13.8 Å². The molecule has 10 heteroatoms. The number of nitrogens with zero attached hydrogens (tertiary/aromatic N) is 6. The number of nitrogens with one attached hydrogen (secondary N) is 1. The number of morpholine rings is 1. The summed E-state index contributed by atoms with van der Waals surface area (Å²) in [6, 6.07) is 6.17. The molecule has 0 saturated carbocycles. The maximum atomic E-state index is 13.2. The normalized spacial score (nSPS) is 15.9. The molecule has 1 saturated heterocycles. The van der Waals surface area contributed by atoms with Crippen molar-refractivity contribution in [2.45, 2.75) is 46.8 Å². The Kier molecular flexibility index (Phi) is 8.84. The van der Waals surface area contributed by atoms with Crippen LogP contribution in [0.3, 0.4) is 0 Å². The van der Waals surface area contributed by atoms with Crippen molar-refractivity contribution in [3.8, 4) is 0 Å². The summed E-state index contributed by atoms with van der Waals surface area (Å²) in [6.45, 7) is 15.1. The van der Waals surface area contributed by atoms with Crippen LogP contribution in [0.1, 0.15) is 42.4 Å². The van der Waals surface area contributed by atoms with Crippen LogP contribution in [-0.4, -0.2) is 88.1 Å². The second kappa shape index (κ2) is 12.1. The number of rotatable bonds is 11. The molecule has 1 aromatic carbocycles. The Morgan fingerprint density at radius 1 is 1.14 bits per heavy atom. The molecule has 0 aliphatic carbocycles. The molecule has 1 N–H and O–H groups in total. The maximum absolute atomic E-state index is 13.2. The van der Waals surface area contributed by atoms with Gasteiger partial charge in [0.25, 0.3) is 5.56 Å². The molecule has 1 atom stereocenters. The van der Waals surface area contributed by atoms with Gasteiger partial charge in [0.05, 0.1) is 32.4 Å². The van der Waals surface area contributed by atoms with Crippen molar-refractivity contribution in [3.63, 3.8) is 0 Å². The van der Waals surface area contributed by atoms with Crippen molar-refractivity contribution < 1.29 is 9.47 Å². The molecule has 3 heterocycles. The van der Waals surface area contributed by atoms with Crippen LogP contribution in [-0.2, 0) is 22.6 Å². The molecule has 4 rings (SSSR count). The van der Waals surface area contributed by atoms with E-state index in [1.807, 2.05) is 16.8 Å². The number of benzene rings is 1. The van der Waals surface area contributed by atoms with E-state index in [-0.39, 0.29) is 17.5 Å². The summed E-state index contributed by atoms with van der Waals surface area (Å²) in [4.78, 5) is 21.1. The van der Waals surface area contributed by atoms with Gasteiger partial charge in [0, 0.05) is 50.9 Å². The lowest BCUT2D eigenvalue weighted by molar-refractivity contribution is 0.0267. The standard InChI is InChI=1S/C26H39N7O3/c1-18(2)24(25-28-29-30-33(25)10-11-35-5)32(7-6-31-8-12-36-13-9-31)17-22-16-21-14-19(3)20(4)15-23(21)27-26(22)34/h14-16,18,24H,6-13,17H2,1-5H3,(H,27,34)/t24-/m0/s1. The molecule has 10 nitrogen and oxygen atoms in total. The summed E-state index contributed by atoms with van der Waals surface area (Å²) in [5, 5.41) is 13.7. The minimum atomic E-state index is -0.0623. The van der Waals surface area contributed by atoms with E-state index >= 15 is 0 Å². The number of H-pyrrole nitrogens is 1. The van der Waals surface area contributed by atoms with Gasteiger partial charge in [0.15, 0.2) is 5.82 Å². The Morgan fingerprint density at radius 2 is 1.89 bits per heavy atom. The molecular formula is C26H39N7O3. The fourth-order valence-electron chi connectivity index (χ4n) is 4.91. The van der Waals surface area contributed by atoms with E-state index in [4.69, 9.17) is 9.47 Å². The molecule has 3 aromatic rings. The van der Waals surface area contributed by atoms with Crippen LogP contribution >= 0.6 is 0 Å². The minimum Gasteiger partial charge on any atom is -0.383 e. The fourth-order valence-corrected chi connectivity index (χ4v) is 4.91. The van der Waals surface area contributed by atoms with Crippen molar-refractivity contribution >= 4 is 10.9 Å². The van der Waals surface area contributed by atoms with Crippen LogP contribution in [0.25, 0.3) is 10.9 Å². The van der Waals surface area contributed by atoms with Gasteiger partial charge in [-0.25, -0.2) is 4.68 Å². The van der Waals surface area contributed by atoms with Crippen LogP contribution in [0.15, 0.2) is 23.0 Å². The molecule has 0 bridgehead atoms. The Balaban J connectivity index is 1.68. The van der Waals surface area contributed by atoms with Crippen LogP contribution in [0.5, 0.6) is 0 Å². The summed E-state index contributed by atoms with van der Waals surface area (Å²) in [5.41, 5.74) is 3.94. The molecule has 0 radical (unpaired) electrons. The first-order valence-corrected chi connectivity index (χ1v) is 12.8. The average Bonchev–Trinajstić information content (AvgIpc) is 3.31. The lowest BCUT2D eigenvalue weighted by Crippen LogP contribution is -2.44. The number of aryl methyl sites for hydroxylation is 2. The zero-order valence-corrected chi connectivity index (χ0v) is 22.2. The topological polar surface area (TPSA) is 101 Å². The summed E-state index contributed by atoms with van der Waals surface area (Å²) in [5.74, 6) is 1.03. The second-order valence-corrected chi connectivity index (χ2v) is 10.0. The van der Waals surface area contributed by atoms with Crippen molar-refractivity contribution in [3.05, 3.63) is 51.1 Å². The van der Waals surface area contributed by atoms with Crippen molar-refractivity contribution in [2.75, 3.05) is 53.1 Å². The van der Waals surface area contributed by atoms with E-state index in [9.17, 15) is 4.79 Å². The highest BCUT2D eigenvalue weighted by atomic mass is 16.5. The van der Waals surface area contributed by atoms with E-state index in [0.717, 1.165) is 61.7 Å². The van der Waals surface area contributed by atoms with Gasteiger partial charge in [-0.3, -0.25) is 14.6 Å². The summed E-state index contributed by atoms with van der Waals surface area (Å²) in [7, 11) is 1.67. The number of methoxy groups -OCH3 is 1. The number of pyridine rings is 1. The van der Waals surface area contributed by atoms with Crippen LogP contribution in [0.4, 0.5) is 0 Å². The highest BCUT2D eigenvalue weighted by Gasteiger charge is 2.30. The molecule has 0 spiro atoms. The maximum Gasteiger partial charge on any atom is 0.252 e. The Bertz CT molecular complexity index is 1200. The second-order valence-electron chi connectivity index (χ2n) is 10.0. The Morgan fingerprint density at radius 3 is 2.61 bits per heavy atom. The molecule has 0 unspecified atom stereocenters. The molecule has 36 heavy (non-hydrogen) atoms. The lowest BCUT2D eigenvalue weighted by atomic mass is 10.00. The van der Waals surface area contributed by atoms with Gasteiger partial charge in [-0.2, -0.15) is 0 Å². The van der Waals surface area contributed by atoms with E-state index in [0.29, 0.717) is 19.7 Å². The highest BCUT2D eigenvalue weighted by molar-refractivity contribution is 5.80. The Hall–Kier alpha value is -2.66. The van der Waals surface area contributed by atoms with Gasteiger partial charge in [0.2, 0.25) is 0 Å². The average molecular weight is 498 g/mol. The largest absolute Gasteiger partial charge is 0.383 e. The molecule has 1 aliphatic rings. The van der Waals surface area contributed by atoms with E-state index in [2.05, 4.69) is 64.1 Å². The molecular weight excluding hydrogens is 458 g/mol. The molecule has 1 fully saturated rings. The SMILES string of the molecule is COCCn1nnnc1[C@H](C(C)C)N(CCN1CCOCC1)Cc1cc2cc(C)c(C)cc2[nH]c1=O. The quantitative estimate of drug-likeness (QED) is 0.431. The third-order valence-corrected chi connectivity index (χ3v) is 7.07. The highest BCUT2D eigenvalue weighted by Crippen LogP contribution is 2.29. The van der Waals surface area contributed by atoms with E-state index < -0.39 is 0 Å². The van der Waals surface area contributed by atoms with Crippen molar-refractivity contribution in [1.82, 2.24) is 35.0 Å². The van der Waals surface area contributed by atoms with Crippen LogP contribution < -0.4 is 5.56 Å². The van der Waals surface area contributed by atoms with Gasteiger partial charge in [-0.05, 0) is 64.9 Å². The number of fused-ring (bicyclic) bond motifs is 1. The number of ether oxygens (including phenoxy) is 2. The fraction of sp³-hybridized carbons (Fsp3) is 0.615. The zero-order valence-electron chi connectivity index (χ0n) is 22.2. The van der Waals surface area contributed by atoms with Crippen molar-refractivity contribution in [2.24, 2.45) is 5.92 Å². The molecule has 1 aliphatic heterocycles. The van der Waals surface area contributed by atoms with Gasteiger partial charge >= 0.3 is 0 Å². The van der Waals surface area contributed by atoms with Crippen molar-refractivity contribution in [1.29, 1.82) is 0 Å². The summed E-state index contributed by atoms with van der Waals surface area (Å²) < 4.78 is 12.6. The number of aromatic nitrogens is 5. The molecule has 196 valence electrons. The van der Waals surface area contributed by atoms with Gasteiger partial charge in [-0.15, -0.1) is 5.10 Å². The van der Waals surface area contributed by atoms with Gasteiger partial charge < -0.3 is 14.5 Å². The zero-order chi connectivity index (χ0) is 25.7. The van der Waals surface area contributed by atoms with Crippen LogP contribution in [0.2, 0.25) is 0 Å². The Labute approximate surface area is 212 Å². The minimum absolute atomic E-state index is 0.0522. The van der Waals surface area contributed by atoms with Crippen LogP contribution in [0, 0.1) is 19.8 Å². The number of hydrogen-bond donors (Lipinski definition) is 1. The van der Waals surface area contributed by atoms with Gasteiger partial charge in [0.1, 0.15) is 0 Å². The predicted octanol–water partition coefficient (Wildman–Crippen LogP) is 2.31. The monoisotopic (exact) mass is 497 g/mol.